The highest BCUT2D eigenvalue weighted by atomic mass is 16.8. The Morgan fingerprint density at radius 1 is 0.943 bits per heavy atom. The molecule has 0 unspecified atom stereocenters. The number of aliphatic hydroxyl groups excluding tert-OH is 1. The number of ether oxygens (including phenoxy) is 4. The lowest BCUT2D eigenvalue weighted by molar-refractivity contribution is -0.209. The molecule has 53 heavy (non-hydrogen) atoms. The first-order chi connectivity index (χ1) is 24.8. The fourth-order valence-corrected chi connectivity index (χ4v) is 7.59. The Kier molecular flexibility index (Phi) is 9.61. The van der Waals surface area contributed by atoms with E-state index in [1.807, 2.05) is 0 Å². The quantitative estimate of drug-likeness (QED) is 0.132. The van der Waals surface area contributed by atoms with Gasteiger partial charge in [-0.05, 0) is 45.8 Å². The number of benzene rings is 1. The smallest absolute Gasteiger partial charge is 0.364 e. The number of hydrogen-bond acceptors (Lipinski definition) is 14. The predicted octanol–water partition coefficient (Wildman–Crippen LogP) is 1.61. The summed E-state index contributed by atoms with van der Waals surface area (Å²) in [6.07, 6.45) is 5.66. The molecule has 0 bridgehead atoms. The van der Waals surface area contributed by atoms with E-state index in [-0.39, 0.29) is 17.5 Å². The summed E-state index contributed by atoms with van der Waals surface area (Å²) >= 11 is 0. The Balaban J connectivity index is 1.10. The van der Waals surface area contributed by atoms with Crippen LogP contribution < -0.4 is 0 Å². The standard InChI is InChI=1S/C38H40O15/c1-18-23(51-26(39)10-8-6-5-7-9-24-19(2)52-36(4,53-24)34(45)46)13-14-25(50-18)20-11-12-21-27(29(20)40)30(41)22-15-16-37(48)17-35(3,47)32(43)33(44)38(37,49)28(22)31(21)42/h5-12,15-16,18-19,23-25,32,40,43,47-49H,13-14,17H2,1-4H3,(H,45,46)/b6-5+,9-7+,10-8+/t18-,19+,23+,24+,25-,32+,35-,36+,37+,38-/m1/s1. The number of carboxylic acid groups (broad SMARTS) is 1. The summed E-state index contributed by atoms with van der Waals surface area (Å²) in [7, 11) is 0. The third kappa shape index (κ3) is 6.21. The van der Waals surface area contributed by atoms with Crippen molar-refractivity contribution in [2.45, 2.75) is 106 Å². The Hall–Kier alpha value is -4.61. The minimum absolute atomic E-state index is 0.176. The second-order valence-electron chi connectivity index (χ2n) is 14.3. The van der Waals surface area contributed by atoms with E-state index in [1.165, 1.54) is 31.2 Å². The molecule has 3 aliphatic carbocycles. The maximum absolute atomic E-state index is 13.8. The molecule has 6 rings (SSSR count). The van der Waals surface area contributed by atoms with Gasteiger partial charge in [0, 0.05) is 36.1 Å². The second kappa shape index (κ2) is 13.4. The van der Waals surface area contributed by atoms with Crippen LogP contribution >= 0.6 is 0 Å². The number of ketones is 3. The van der Waals surface area contributed by atoms with Gasteiger partial charge in [-0.3, -0.25) is 14.4 Å². The fraction of sp³-hybridized carbons (Fsp3) is 0.447. The maximum Gasteiger partial charge on any atom is 0.364 e. The largest absolute Gasteiger partial charge is 0.507 e. The van der Waals surface area contributed by atoms with Crippen molar-refractivity contribution in [2.75, 3.05) is 0 Å². The van der Waals surface area contributed by atoms with Gasteiger partial charge >= 0.3 is 11.9 Å². The van der Waals surface area contributed by atoms with E-state index >= 15 is 0 Å². The molecular weight excluding hydrogens is 696 g/mol. The number of carbonyl (C=O) groups excluding carboxylic acids is 4. The van der Waals surface area contributed by atoms with Gasteiger partial charge in [0.2, 0.25) is 5.78 Å². The number of hydrogen-bond donors (Lipinski definition) is 6. The number of aliphatic hydroxyl groups is 4. The van der Waals surface area contributed by atoms with Crippen LogP contribution in [0.2, 0.25) is 0 Å². The summed E-state index contributed by atoms with van der Waals surface area (Å²) in [5, 5.41) is 64.6. The van der Waals surface area contributed by atoms with E-state index in [0.717, 1.165) is 19.1 Å². The molecule has 2 aliphatic heterocycles. The van der Waals surface area contributed by atoms with Crippen LogP contribution in [0, 0.1) is 0 Å². The molecule has 2 heterocycles. The van der Waals surface area contributed by atoms with Gasteiger partial charge in [0.15, 0.2) is 17.2 Å². The number of aliphatic carboxylic acids is 1. The Morgan fingerprint density at radius 2 is 1.64 bits per heavy atom. The number of fused-ring (bicyclic) bond motifs is 3. The lowest BCUT2D eigenvalue weighted by atomic mass is 9.56. The number of aromatic hydroxyl groups is 1. The van der Waals surface area contributed by atoms with Crippen LogP contribution in [0.3, 0.4) is 0 Å². The molecule has 282 valence electrons. The first kappa shape index (κ1) is 38.1. The average Bonchev–Trinajstić information content (AvgIpc) is 3.39. The molecule has 15 heteroatoms. The Bertz CT molecular complexity index is 1940. The molecule has 5 aliphatic rings. The van der Waals surface area contributed by atoms with Crippen molar-refractivity contribution >= 4 is 29.3 Å². The summed E-state index contributed by atoms with van der Waals surface area (Å²) in [5.41, 5.74) is -9.49. The molecule has 15 nitrogen and oxygen atoms in total. The molecule has 3 fully saturated rings. The highest BCUT2D eigenvalue weighted by Crippen LogP contribution is 2.52. The van der Waals surface area contributed by atoms with Gasteiger partial charge < -0.3 is 49.6 Å². The molecule has 0 aromatic heterocycles. The topological polar surface area (TPSA) is 244 Å². The first-order valence-electron chi connectivity index (χ1n) is 17.0. The van der Waals surface area contributed by atoms with Gasteiger partial charge in [-0.1, -0.05) is 42.5 Å². The van der Waals surface area contributed by atoms with Crippen LogP contribution in [0.5, 0.6) is 5.75 Å². The average molecular weight is 737 g/mol. The zero-order valence-corrected chi connectivity index (χ0v) is 29.2. The maximum atomic E-state index is 13.8. The highest BCUT2D eigenvalue weighted by molar-refractivity contribution is 6.32. The summed E-state index contributed by atoms with van der Waals surface area (Å²) < 4.78 is 22.5. The van der Waals surface area contributed by atoms with E-state index < -0.39 is 117 Å². The van der Waals surface area contributed by atoms with Crippen molar-refractivity contribution in [1.29, 1.82) is 0 Å². The third-order valence-electron chi connectivity index (χ3n) is 10.5. The van der Waals surface area contributed by atoms with Gasteiger partial charge in [-0.2, -0.15) is 0 Å². The van der Waals surface area contributed by atoms with Crippen molar-refractivity contribution in [3.8, 4) is 5.75 Å². The van der Waals surface area contributed by atoms with Crippen molar-refractivity contribution in [3.63, 3.8) is 0 Å². The normalized spacial score (nSPS) is 38.5. The molecule has 0 amide bonds. The van der Waals surface area contributed by atoms with Crippen LogP contribution in [-0.2, 0) is 33.3 Å². The molecule has 1 aromatic rings. The summed E-state index contributed by atoms with van der Waals surface area (Å²) in [6, 6.07) is 2.61. The summed E-state index contributed by atoms with van der Waals surface area (Å²) in [5.74, 6) is -7.54. The highest BCUT2D eigenvalue weighted by Gasteiger charge is 2.69. The lowest BCUT2D eigenvalue weighted by Crippen LogP contribution is -2.74. The number of phenols is 1. The SMILES string of the molecule is C[C@@H]1O[C@](C)(C(=O)O)O[C@H]1/C=C/C=C/C=C/C(=O)O[C@H]1CC[C@H](c2ccc3c(c2O)C(=O)C2=C(C3=O)[C@@]3(O)C(=O)[C@H](O)[C@](C)(O)C[C@@]3(O)C=C2)O[C@@H]1C. The van der Waals surface area contributed by atoms with Gasteiger partial charge in [-0.25, -0.2) is 9.59 Å². The van der Waals surface area contributed by atoms with Gasteiger partial charge in [-0.15, -0.1) is 0 Å². The molecule has 1 aromatic carbocycles. The number of rotatable bonds is 7. The predicted molar refractivity (Wildman–Crippen MR) is 180 cm³/mol. The van der Waals surface area contributed by atoms with Crippen LogP contribution in [0.15, 0.2) is 71.9 Å². The van der Waals surface area contributed by atoms with E-state index in [2.05, 4.69) is 0 Å². The summed E-state index contributed by atoms with van der Waals surface area (Å²) in [6.45, 7) is 5.79. The van der Waals surface area contributed by atoms with Crippen LogP contribution in [0.1, 0.15) is 79.3 Å². The van der Waals surface area contributed by atoms with E-state index in [4.69, 9.17) is 18.9 Å². The number of esters is 1. The molecule has 0 spiro atoms. The molecular formula is C38H40O15. The number of carboxylic acids is 1. The van der Waals surface area contributed by atoms with Crippen molar-refractivity contribution in [2.24, 2.45) is 0 Å². The Labute approximate surface area is 303 Å². The lowest BCUT2D eigenvalue weighted by Gasteiger charge is -2.53. The van der Waals surface area contributed by atoms with Crippen LogP contribution in [-0.4, -0.2) is 113 Å². The second-order valence-corrected chi connectivity index (χ2v) is 14.3. The van der Waals surface area contributed by atoms with Gasteiger partial charge in [0.05, 0.1) is 35.0 Å². The number of carbonyl (C=O) groups is 5. The van der Waals surface area contributed by atoms with E-state index in [0.29, 0.717) is 6.42 Å². The van der Waals surface area contributed by atoms with Crippen molar-refractivity contribution in [1.82, 2.24) is 0 Å². The van der Waals surface area contributed by atoms with Gasteiger partial charge in [0.1, 0.15) is 29.7 Å². The van der Waals surface area contributed by atoms with Crippen molar-refractivity contribution in [3.05, 3.63) is 88.6 Å². The molecule has 2 saturated heterocycles. The Morgan fingerprint density at radius 3 is 2.30 bits per heavy atom. The molecule has 6 N–H and O–H groups in total. The van der Waals surface area contributed by atoms with Crippen molar-refractivity contribution < 1.29 is 73.6 Å². The number of phenolic OH excluding ortho intramolecular Hbond substituents is 1. The van der Waals surface area contributed by atoms with E-state index in [9.17, 15) is 54.6 Å². The summed E-state index contributed by atoms with van der Waals surface area (Å²) in [4.78, 5) is 64.8. The molecule has 1 saturated carbocycles. The number of Topliss-reactive ketones (excluding diaryl/α,β-unsaturated/α-hetero) is 3. The van der Waals surface area contributed by atoms with Gasteiger partial charge in [0.25, 0.3) is 5.79 Å². The molecule has 0 radical (unpaired) electrons. The first-order valence-corrected chi connectivity index (χ1v) is 17.0. The monoisotopic (exact) mass is 736 g/mol. The minimum atomic E-state index is -3.05. The van der Waals surface area contributed by atoms with Crippen LogP contribution in [0.4, 0.5) is 0 Å². The van der Waals surface area contributed by atoms with E-state index in [1.54, 1.807) is 38.2 Å². The van der Waals surface area contributed by atoms with Crippen LogP contribution in [0.25, 0.3) is 0 Å². The minimum Gasteiger partial charge on any atom is -0.507 e. The number of allylic oxidation sites excluding steroid dienone is 6. The zero-order chi connectivity index (χ0) is 38.8. The fourth-order valence-electron chi connectivity index (χ4n) is 7.59. The molecule has 10 atom stereocenters. The zero-order valence-electron chi connectivity index (χ0n) is 29.2. The third-order valence-corrected chi connectivity index (χ3v) is 10.5.